The van der Waals surface area contributed by atoms with Crippen LogP contribution >= 0.6 is 0 Å². The zero-order chi connectivity index (χ0) is 21.7. The number of esters is 1. The maximum absolute atomic E-state index is 13.0. The largest absolute Gasteiger partial charge is 0.465 e. The number of carbonyl (C=O) groups excluding carboxylic acids is 1. The molecule has 3 heteroatoms. The molecule has 1 aromatic rings. The summed E-state index contributed by atoms with van der Waals surface area (Å²) in [6, 6.07) is -3.03. The van der Waals surface area contributed by atoms with Crippen LogP contribution in [0.4, 0.5) is 0 Å². The van der Waals surface area contributed by atoms with Crippen molar-refractivity contribution < 1.29 is 23.2 Å². The Balaban J connectivity index is 2.66. The fourth-order valence-corrected chi connectivity index (χ4v) is 2.19. The van der Waals surface area contributed by atoms with Gasteiger partial charge in [0.15, 0.2) is 0 Å². The van der Waals surface area contributed by atoms with Gasteiger partial charge in [0.2, 0.25) is 0 Å². The third-order valence-corrected chi connectivity index (χ3v) is 3.35. The van der Waals surface area contributed by atoms with Crippen LogP contribution in [0.25, 0.3) is 0 Å². The maximum atomic E-state index is 13.0. The molecule has 1 fully saturated rings. The Morgan fingerprint density at radius 2 is 2.17 bits per heavy atom. The fraction of sp³-hybridized carbons (Fsp3) is 0.533. The van der Waals surface area contributed by atoms with E-state index in [1.165, 1.54) is 0 Å². The van der Waals surface area contributed by atoms with E-state index in [2.05, 4.69) is 0 Å². The Morgan fingerprint density at radius 3 is 2.78 bits per heavy atom. The van der Waals surface area contributed by atoms with Crippen molar-refractivity contribution >= 4 is 5.97 Å². The summed E-state index contributed by atoms with van der Waals surface area (Å²) in [7, 11) is 1.78. The maximum Gasteiger partial charge on any atom is 0.316 e. The lowest BCUT2D eigenvalue weighted by Gasteiger charge is -2.38. The molecule has 98 valence electrons. The molecule has 0 spiro atoms. The van der Waals surface area contributed by atoms with E-state index in [1.807, 2.05) is 4.90 Å². The molecule has 2 rings (SSSR count). The molecule has 1 aliphatic rings. The molecular formula is C15H21NO2. The van der Waals surface area contributed by atoms with E-state index in [0.29, 0.717) is 13.1 Å². The Labute approximate surface area is 123 Å². The summed E-state index contributed by atoms with van der Waals surface area (Å²) in [6.45, 7) is -5.90. The molecule has 1 aromatic carbocycles. The first-order valence-corrected chi connectivity index (χ1v) is 5.65. The highest BCUT2D eigenvalue weighted by Crippen LogP contribution is 2.36. The molecule has 0 aliphatic carbocycles. The SMILES string of the molecule is [2H]c1c([2H])c([2H])c(C2(C(=O)OC([2H])([2H])C([2H])([2H])[2H])CCN(C)CC2)c([2H])c1[2H]. The van der Waals surface area contributed by atoms with Crippen LogP contribution in [0.15, 0.2) is 30.2 Å². The first-order chi connectivity index (χ1) is 12.7. The summed E-state index contributed by atoms with van der Waals surface area (Å²) in [5.74, 6) is -1.25. The van der Waals surface area contributed by atoms with Crippen molar-refractivity contribution in [3.05, 3.63) is 35.8 Å². The van der Waals surface area contributed by atoms with Gasteiger partial charge in [-0.15, -0.1) is 0 Å². The second kappa shape index (κ2) is 5.53. The normalized spacial score (nSPS) is 28.9. The van der Waals surface area contributed by atoms with Gasteiger partial charge in [0.1, 0.15) is 0 Å². The first kappa shape index (κ1) is 5.33. The van der Waals surface area contributed by atoms with E-state index in [9.17, 15) is 4.79 Å². The van der Waals surface area contributed by atoms with Gasteiger partial charge in [0, 0.05) is 4.11 Å². The molecule has 1 saturated heterocycles. The van der Waals surface area contributed by atoms with Gasteiger partial charge in [-0.05, 0) is 45.4 Å². The van der Waals surface area contributed by atoms with Crippen molar-refractivity contribution in [3.63, 3.8) is 0 Å². The van der Waals surface area contributed by atoms with Gasteiger partial charge in [-0.25, -0.2) is 0 Å². The number of rotatable bonds is 3. The van der Waals surface area contributed by atoms with Crippen LogP contribution in [0.2, 0.25) is 0 Å². The van der Waals surface area contributed by atoms with E-state index in [0.717, 1.165) is 0 Å². The fourth-order valence-electron chi connectivity index (χ4n) is 2.19. The van der Waals surface area contributed by atoms with Gasteiger partial charge >= 0.3 is 5.97 Å². The third kappa shape index (κ3) is 2.41. The molecule has 0 bridgehead atoms. The van der Waals surface area contributed by atoms with E-state index >= 15 is 0 Å². The lowest BCUT2D eigenvalue weighted by molar-refractivity contribution is -0.152. The summed E-state index contributed by atoms with van der Waals surface area (Å²) >= 11 is 0. The third-order valence-electron chi connectivity index (χ3n) is 3.35. The first-order valence-electron chi connectivity index (χ1n) is 10.6. The van der Waals surface area contributed by atoms with Crippen molar-refractivity contribution in [1.82, 2.24) is 4.90 Å². The summed E-state index contributed by atoms with van der Waals surface area (Å²) in [6.07, 6.45) is -0.0131. The highest BCUT2D eigenvalue weighted by molar-refractivity contribution is 5.83. The summed E-state index contributed by atoms with van der Waals surface area (Å²) in [4.78, 5) is 14.9. The smallest absolute Gasteiger partial charge is 0.316 e. The molecule has 18 heavy (non-hydrogen) atoms. The molecule has 0 unspecified atom stereocenters. The average Bonchev–Trinajstić information content (AvgIpc) is 2.58. The molecule has 0 amide bonds. The molecular weight excluding hydrogens is 226 g/mol. The predicted octanol–water partition coefficient (Wildman–Crippen LogP) is 2.21. The zero-order valence-corrected chi connectivity index (χ0v) is 10.1. The molecule has 0 aromatic heterocycles. The van der Waals surface area contributed by atoms with Gasteiger partial charge < -0.3 is 9.64 Å². The van der Waals surface area contributed by atoms with Crippen LogP contribution in [0.5, 0.6) is 0 Å². The molecule has 0 radical (unpaired) electrons. The van der Waals surface area contributed by atoms with Gasteiger partial charge in [-0.3, -0.25) is 4.79 Å². The van der Waals surface area contributed by atoms with Gasteiger partial charge in [0.25, 0.3) is 0 Å². The number of ether oxygens (including phenoxy) is 1. The quantitative estimate of drug-likeness (QED) is 0.778. The minimum atomic E-state index is -3.28. The van der Waals surface area contributed by atoms with E-state index in [-0.39, 0.29) is 18.4 Å². The molecule has 1 aliphatic heterocycles. The Hall–Kier alpha value is -1.35. The summed E-state index contributed by atoms with van der Waals surface area (Å²) in [5, 5.41) is 0. The van der Waals surface area contributed by atoms with Crippen LogP contribution < -0.4 is 0 Å². The Bertz CT molecular complexity index is 755. The minimum absolute atomic E-state index is 0.00655. The molecule has 3 nitrogen and oxygen atoms in total. The number of likely N-dealkylation sites (tertiary alicyclic amines) is 1. The molecule has 0 atom stereocenters. The minimum Gasteiger partial charge on any atom is -0.465 e. The highest BCUT2D eigenvalue weighted by atomic mass is 16.5. The number of hydrogen-bond donors (Lipinski definition) is 0. The average molecular weight is 257 g/mol. The predicted molar refractivity (Wildman–Crippen MR) is 71.5 cm³/mol. The second-order valence-electron chi connectivity index (χ2n) is 4.38. The van der Waals surface area contributed by atoms with Gasteiger partial charge in [0.05, 0.1) is 21.6 Å². The number of benzene rings is 1. The Kier molecular flexibility index (Phi) is 1.64. The number of piperidine rings is 1. The summed E-state index contributed by atoms with van der Waals surface area (Å²) < 4.78 is 81.5. The van der Waals surface area contributed by atoms with Crippen molar-refractivity contribution in [1.29, 1.82) is 0 Å². The second-order valence-corrected chi connectivity index (χ2v) is 4.38. The standard InChI is InChI=1S/C15H21NO2/c1-3-18-14(17)15(9-11-16(2)12-10-15)13-7-5-4-6-8-13/h4-8H,3,9-12H2,1-2H3/i1D3,3D2,4D,5D,6D,7D,8D. The number of hydrogen-bond acceptors (Lipinski definition) is 3. The number of nitrogens with zero attached hydrogens (tertiary/aromatic N) is 1. The van der Waals surface area contributed by atoms with E-state index in [4.69, 9.17) is 18.4 Å². The topological polar surface area (TPSA) is 29.5 Å². The van der Waals surface area contributed by atoms with Gasteiger partial charge in [-0.2, -0.15) is 0 Å². The van der Waals surface area contributed by atoms with Crippen molar-refractivity contribution in [2.24, 2.45) is 0 Å². The lowest BCUT2D eigenvalue weighted by atomic mass is 9.73. The summed E-state index contributed by atoms with van der Waals surface area (Å²) in [5.41, 5.74) is -2.04. The highest BCUT2D eigenvalue weighted by Gasteiger charge is 2.43. The zero-order valence-electron chi connectivity index (χ0n) is 20.1. The molecule has 0 saturated carbocycles. The van der Waals surface area contributed by atoms with Gasteiger partial charge in [-0.1, -0.05) is 30.2 Å². The van der Waals surface area contributed by atoms with Crippen LogP contribution in [0.1, 0.15) is 39.0 Å². The van der Waals surface area contributed by atoms with E-state index < -0.39 is 55.0 Å². The van der Waals surface area contributed by atoms with Crippen LogP contribution in [0, 0.1) is 0 Å². The van der Waals surface area contributed by atoms with Crippen LogP contribution in [-0.4, -0.2) is 37.6 Å². The lowest BCUT2D eigenvalue weighted by Crippen LogP contribution is -2.47. The Morgan fingerprint density at radius 1 is 1.50 bits per heavy atom. The van der Waals surface area contributed by atoms with Crippen LogP contribution in [-0.2, 0) is 14.9 Å². The monoisotopic (exact) mass is 257 g/mol. The number of carbonyl (C=O) groups is 1. The van der Waals surface area contributed by atoms with Crippen LogP contribution in [0.3, 0.4) is 0 Å². The van der Waals surface area contributed by atoms with Crippen molar-refractivity contribution in [2.75, 3.05) is 26.7 Å². The molecule has 1 heterocycles. The molecule has 0 N–H and O–H groups in total. The van der Waals surface area contributed by atoms with Crippen molar-refractivity contribution in [3.8, 4) is 0 Å². The van der Waals surface area contributed by atoms with E-state index in [1.54, 1.807) is 7.05 Å². The van der Waals surface area contributed by atoms with Crippen molar-refractivity contribution in [2.45, 2.75) is 25.1 Å².